The molecule has 0 aromatic heterocycles. The third-order valence-electron chi connectivity index (χ3n) is 4.37. The van der Waals surface area contributed by atoms with Gasteiger partial charge in [0.1, 0.15) is 5.82 Å². The topological polar surface area (TPSA) is 26.0 Å². The van der Waals surface area contributed by atoms with Gasteiger partial charge in [-0.2, -0.15) is 0 Å². The zero-order valence-corrected chi connectivity index (χ0v) is 11.9. The highest BCUT2D eigenvalue weighted by Gasteiger charge is 2.41. The van der Waals surface area contributed by atoms with Crippen LogP contribution in [-0.2, 0) is 5.54 Å². The SMILES string of the molecule is CC1CCCC(N)(c2cccc(Br)c2F)C1C. The van der Waals surface area contributed by atoms with Crippen LogP contribution in [-0.4, -0.2) is 0 Å². The molecule has 94 valence electrons. The smallest absolute Gasteiger partial charge is 0.142 e. The van der Waals surface area contributed by atoms with Gasteiger partial charge in [-0.1, -0.05) is 38.8 Å². The molecule has 1 aromatic rings. The summed E-state index contributed by atoms with van der Waals surface area (Å²) in [7, 11) is 0. The first kappa shape index (κ1) is 13.0. The van der Waals surface area contributed by atoms with Crippen molar-refractivity contribution in [2.75, 3.05) is 0 Å². The monoisotopic (exact) mass is 299 g/mol. The van der Waals surface area contributed by atoms with Crippen LogP contribution in [0.15, 0.2) is 22.7 Å². The summed E-state index contributed by atoms with van der Waals surface area (Å²) in [6, 6.07) is 5.41. The Morgan fingerprint density at radius 1 is 1.41 bits per heavy atom. The fraction of sp³-hybridized carbons (Fsp3) is 0.571. The molecule has 0 heterocycles. The largest absolute Gasteiger partial charge is 0.321 e. The van der Waals surface area contributed by atoms with Gasteiger partial charge < -0.3 is 5.73 Å². The molecule has 1 saturated carbocycles. The van der Waals surface area contributed by atoms with Crippen molar-refractivity contribution in [3.8, 4) is 0 Å². The van der Waals surface area contributed by atoms with Crippen LogP contribution in [0.5, 0.6) is 0 Å². The lowest BCUT2D eigenvalue weighted by molar-refractivity contribution is 0.140. The van der Waals surface area contributed by atoms with Crippen molar-refractivity contribution in [2.45, 2.75) is 38.6 Å². The molecule has 0 spiro atoms. The molecule has 17 heavy (non-hydrogen) atoms. The van der Waals surface area contributed by atoms with Crippen LogP contribution in [0.3, 0.4) is 0 Å². The van der Waals surface area contributed by atoms with E-state index in [1.165, 1.54) is 6.42 Å². The van der Waals surface area contributed by atoms with Gasteiger partial charge in [0.15, 0.2) is 0 Å². The molecule has 0 amide bonds. The molecule has 0 saturated heterocycles. The Labute approximate surface area is 111 Å². The predicted molar refractivity (Wildman–Crippen MR) is 72.1 cm³/mol. The third-order valence-corrected chi connectivity index (χ3v) is 4.98. The van der Waals surface area contributed by atoms with E-state index in [1.54, 1.807) is 6.07 Å². The number of nitrogens with two attached hydrogens (primary N) is 1. The van der Waals surface area contributed by atoms with Gasteiger partial charge in [-0.3, -0.25) is 0 Å². The molecular formula is C14H19BrFN. The van der Waals surface area contributed by atoms with E-state index in [4.69, 9.17) is 5.73 Å². The average Bonchev–Trinajstić information content (AvgIpc) is 2.29. The van der Waals surface area contributed by atoms with E-state index in [-0.39, 0.29) is 5.82 Å². The number of hydrogen-bond donors (Lipinski definition) is 1. The number of benzene rings is 1. The van der Waals surface area contributed by atoms with Crippen LogP contribution in [0.4, 0.5) is 4.39 Å². The maximum atomic E-state index is 14.2. The van der Waals surface area contributed by atoms with Crippen LogP contribution in [0, 0.1) is 17.7 Å². The van der Waals surface area contributed by atoms with Gasteiger partial charge in [-0.25, -0.2) is 4.39 Å². The van der Waals surface area contributed by atoms with Gasteiger partial charge in [-0.05, 0) is 40.3 Å². The van der Waals surface area contributed by atoms with Crippen molar-refractivity contribution in [1.29, 1.82) is 0 Å². The summed E-state index contributed by atoms with van der Waals surface area (Å²) in [5.41, 5.74) is 6.66. The summed E-state index contributed by atoms with van der Waals surface area (Å²) < 4.78 is 14.7. The summed E-state index contributed by atoms with van der Waals surface area (Å²) >= 11 is 3.24. The van der Waals surface area contributed by atoms with Crippen LogP contribution < -0.4 is 5.73 Å². The number of hydrogen-bond acceptors (Lipinski definition) is 1. The molecule has 3 unspecified atom stereocenters. The Morgan fingerprint density at radius 3 is 2.82 bits per heavy atom. The van der Waals surface area contributed by atoms with Crippen molar-refractivity contribution in [3.05, 3.63) is 34.1 Å². The molecule has 3 heteroatoms. The summed E-state index contributed by atoms with van der Waals surface area (Å²) in [5, 5.41) is 0. The average molecular weight is 300 g/mol. The van der Waals surface area contributed by atoms with Gasteiger partial charge in [0.25, 0.3) is 0 Å². The van der Waals surface area contributed by atoms with E-state index in [0.29, 0.717) is 21.9 Å². The van der Waals surface area contributed by atoms with Crippen LogP contribution in [0.2, 0.25) is 0 Å². The molecule has 1 nitrogen and oxygen atoms in total. The van der Waals surface area contributed by atoms with E-state index in [0.717, 1.165) is 12.8 Å². The first-order chi connectivity index (χ1) is 7.97. The molecule has 1 aromatic carbocycles. The molecule has 0 radical (unpaired) electrons. The highest BCUT2D eigenvalue weighted by Crippen LogP contribution is 2.44. The second-order valence-corrected chi connectivity index (χ2v) is 6.15. The maximum Gasteiger partial charge on any atom is 0.142 e. The molecule has 0 aliphatic heterocycles. The highest BCUT2D eigenvalue weighted by molar-refractivity contribution is 9.10. The number of halogens is 2. The standard InChI is InChI=1S/C14H19BrFN/c1-9-5-4-8-14(17,10(9)2)11-6-3-7-12(15)13(11)16/h3,6-7,9-10H,4-5,8,17H2,1-2H3. The normalized spacial score (nSPS) is 33.7. The molecule has 2 rings (SSSR count). The lowest BCUT2D eigenvalue weighted by Gasteiger charge is -2.43. The fourth-order valence-corrected chi connectivity index (χ4v) is 3.31. The lowest BCUT2D eigenvalue weighted by Crippen LogP contribution is -2.48. The van der Waals surface area contributed by atoms with Gasteiger partial charge >= 0.3 is 0 Å². The van der Waals surface area contributed by atoms with Crippen molar-refractivity contribution >= 4 is 15.9 Å². The molecular weight excluding hydrogens is 281 g/mol. The fourth-order valence-electron chi connectivity index (χ4n) is 2.95. The molecule has 3 atom stereocenters. The van der Waals surface area contributed by atoms with Crippen molar-refractivity contribution < 1.29 is 4.39 Å². The minimum atomic E-state index is -0.522. The zero-order chi connectivity index (χ0) is 12.6. The van der Waals surface area contributed by atoms with E-state index in [1.807, 2.05) is 12.1 Å². The summed E-state index contributed by atoms with van der Waals surface area (Å²) in [5.74, 6) is 0.656. The Bertz CT molecular complexity index is 421. The summed E-state index contributed by atoms with van der Waals surface area (Å²) in [6.45, 7) is 4.35. The van der Waals surface area contributed by atoms with E-state index in [9.17, 15) is 4.39 Å². The Kier molecular flexibility index (Phi) is 3.60. The first-order valence-electron chi connectivity index (χ1n) is 6.20. The van der Waals surface area contributed by atoms with Crippen LogP contribution in [0.1, 0.15) is 38.7 Å². The van der Waals surface area contributed by atoms with E-state index in [2.05, 4.69) is 29.8 Å². The predicted octanol–water partition coefficient (Wildman–Crippen LogP) is 4.20. The molecule has 1 aliphatic rings. The van der Waals surface area contributed by atoms with Crippen LogP contribution >= 0.6 is 15.9 Å². The minimum Gasteiger partial charge on any atom is -0.321 e. The van der Waals surface area contributed by atoms with Crippen LogP contribution in [0.25, 0.3) is 0 Å². The molecule has 1 aliphatic carbocycles. The zero-order valence-electron chi connectivity index (χ0n) is 10.3. The third kappa shape index (κ3) is 2.15. The Balaban J connectivity index is 2.46. The van der Waals surface area contributed by atoms with Crippen molar-refractivity contribution in [2.24, 2.45) is 17.6 Å². The number of rotatable bonds is 1. The maximum absolute atomic E-state index is 14.2. The van der Waals surface area contributed by atoms with E-state index >= 15 is 0 Å². The Morgan fingerprint density at radius 2 is 2.12 bits per heavy atom. The Hall–Kier alpha value is -0.410. The quantitative estimate of drug-likeness (QED) is 0.826. The van der Waals surface area contributed by atoms with Crippen molar-refractivity contribution in [1.82, 2.24) is 0 Å². The lowest BCUT2D eigenvalue weighted by atomic mass is 9.66. The van der Waals surface area contributed by atoms with Gasteiger partial charge in [0, 0.05) is 11.1 Å². The van der Waals surface area contributed by atoms with Crippen molar-refractivity contribution in [3.63, 3.8) is 0 Å². The van der Waals surface area contributed by atoms with Gasteiger partial charge in [0.05, 0.1) is 4.47 Å². The van der Waals surface area contributed by atoms with Gasteiger partial charge in [0.2, 0.25) is 0 Å². The first-order valence-corrected chi connectivity index (χ1v) is 6.99. The second kappa shape index (κ2) is 4.69. The van der Waals surface area contributed by atoms with Gasteiger partial charge in [-0.15, -0.1) is 0 Å². The summed E-state index contributed by atoms with van der Waals surface area (Å²) in [4.78, 5) is 0. The highest BCUT2D eigenvalue weighted by atomic mass is 79.9. The van der Waals surface area contributed by atoms with E-state index < -0.39 is 5.54 Å². The summed E-state index contributed by atoms with van der Waals surface area (Å²) in [6.07, 6.45) is 3.13. The molecule has 1 fully saturated rings. The minimum absolute atomic E-state index is 0.198. The molecule has 2 N–H and O–H groups in total. The molecule has 0 bridgehead atoms. The second-order valence-electron chi connectivity index (χ2n) is 5.30.